The molecule has 0 aromatic carbocycles. The molecule has 3 nitrogen and oxygen atoms in total. The Balaban J connectivity index is 2.13. The third kappa shape index (κ3) is 0.736. The van der Waals surface area contributed by atoms with Gasteiger partial charge < -0.3 is 9.64 Å². The highest BCUT2D eigenvalue weighted by molar-refractivity contribution is 5.49. The summed E-state index contributed by atoms with van der Waals surface area (Å²) in [5, 5.41) is 0. The summed E-state index contributed by atoms with van der Waals surface area (Å²) in [6.45, 7) is 1.49. The maximum Gasteiger partial charge on any atom is 0.210 e. The van der Waals surface area contributed by atoms with Crippen molar-refractivity contribution in [1.82, 2.24) is 4.90 Å². The number of nitrogens with zero attached hydrogens (tertiary/aromatic N) is 1. The van der Waals surface area contributed by atoms with Crippen molar-refractivity contribution in [3.05, 3.63) is 0 Å². The van der Waals surface area contributed by atoms with Gasteiger partial charge in [-0.3, -0.25) is 4.79 Å². The predicted molar refractivity (Wildman–Crippen MR) is 35.5 cm³/mol. The van der Waals surface area contributed by atoms with E-state index >= 15 is 0 Å². The average Bonchev–Trinajstić information content (AvgIpc) is 2.19. The molecule has 0 unspecified atom stereocenters. The van der Waals surface area contributed by atoms with Gasteiger partial charge in [0.05, 0.1) is 25.3 Å². The first-order chi connectivity index (χ1) is 4.92. The number of ether oxygens (including phenoxy) is 1. The Morgan fingerprint density at radius 3 is 2.30 bits per heavy atom. The van der Waals surface area contributed by atoms with Crippen LogP contribution in [0.25, 0.3) is 0 Å². The number of amides is 1. The van der Waals surface area contributed by atoms with Gasteiger partial charge in [0.1, 0.15) is 0 Å². The highest BCUT2D eigenvalue weighted by atomic mass is 16.5. The second-order valence-electron chi connectivity index (χ2n) is 2.98. The standard InChI is InChI=1S/C7H11NO2/c9-5-8-6-1-2-7(8)4-10-3-6/h5-7H,1-4H2/t6-,7+. The van der Waals surface area contributed by atoms with E-state index in [1.807, 2.05) is 4.90 Å². The summed E-state index contributed by atoms with van der Waals surface area (Å²) < 4.78 is 5.29. The zero-order chi connectivity index (χ0) is 6.97. The number of fused-ring (bicyclic) bond motifs is 2. The molecular formula is C7H11NO2. The minimum atomic E-state index is 0.385. The van der Waals surface area contributed by atoms with Gasteiger partial charge in [0.15, 0.2) is 0 Å². The summed E-state index contributed by atoms with van der Waals surface area (Å²) in [5.74, 6) is 0. The highest BCUT2D eigenvalue weighted by Gasteiger charge is 2.35. The van der Waals surface area contributed by atoms with Crippen LogP contribution in [0, 0.1) is 0 Å². The summed E-state index contributed by atoms with van der Waals surface area (Å²) >= 11 is 0. The van der Waals surface area contributed by atoms with Crippen molar-refractivity contribution in [2.75, 3.05) is 13.2 Å². The van der Waals surface area contributed by atoms with E-state index in [0.29, 0.717) is 12.1 Å². The van der Waals surface area contributed by atoms with Gasteiger partial charge >= 0.3 is 0 Å². The number of carbonyl (C=O) groups excluding carboxylic acids is 1. The molecular weight excluding hydrogens is 130 g/mol. The first kappa shape index (κ1) is 6.16. The predicted octanol–water partition coefficient (Wildman–Crippen LogP) is 0.00600. The molecule has 0 radical (unpaired) electrons. The van der Waals surface area contributed by atoms with E-state index in [1.54, 1.807) is 0 Å². The zero-order valence-corrected chi connectivity index (χ0v) is 5.82. The van der Waals surface area contributed by atoms with Gasteiger partial charge in [-0.25, -0.2) is 0 Å². The molecule has 1 amide bonds. The fourth-order valence-corrected chi connectivity index (χ4v) is 1.83. The Labute approximate surface area is 60.0 Å². The van der Waals surface area contributed by atoms with E-state index in [2.05, 4.69) is 0 Å². The smallest absolute Gasteiger partial charge is 0.210 e. The first-order valence-electron chi connectivity index (χ1n) is 3.72. The quantitative estimate of drug-likeness (QED) is 0.481. The van der Waals surface area contributed by atoms with Crippen LogP contribution >= 0.6 is 0 Å². The maximum atomic E-state index is 10.5. The molecule has 0 spiro atoms. The van der Waals surface area contributed by atoms with Gasteiger partial charge in [0.2, 0.25) is 6.41 Å². The molecule has 2 fully saturated rings. The van der Waals surface area contributed by atoms with Crippen molar-refractivity contribution in [2.24, 2.45) is 0 Å². The number of carbonyl (C=O) groups is 1. The number of hydrogen-bond acceptors (Lipinski definition) is 2. The fraction of sp³-hybridized carbons (Fsp3) is 0.857. The Hall–Kier alpha value is -0.570. The van der Waals surface area contributed by atoms with Crippen molar-refractivity contribution in [3.63, 3.8) is 0 Å². The van der Waals surface area contributed by atoms with Crippen LogP contribution in [0.2, 0.25) is 0 Å². The SMILES string of the molecule is O=CN1[C@@H]2CC[C@H]1COC2. The Bertz CT molecular complexity index is 133. The van der Waals surface area contributed by atoms with Crippen LogP contribution in [-0.2, 0) is 9.53 Å². The van der Waals surface area contributed by atoms with Gasteiger partial charge in [0.25, 0.3) is 0 Å². The third-order valence-electron chi connectivity index (χ3n) is 2.42. The van der Waals surface area contributed by atoms with Crippen LogP contribution in [0.1, 0.15) is 12.8 Å². The van der Waals surface area contributed by atoms with E-state index in [-0.39, 0.29) is 0 Å². The number of hydrogen-bond donors (Lipinski definition) is 0. The topological polar surface area (TPSA) is 29.5 Å². The van der Waals surface area contributed by atoms with Crippen molar-refractivity contribution in [3.8, 4) is 0 Å². The van der Waals surface area contributed by atoms with Crippen LogP contribution in [0.4, 0.5) is 0 Å². The molecule has 3 heteroatoms. The lowest BCUT2D eigenvalue weighted by molar-refractivity contribution is -0.127. The van der Waals surface area contributed by atoms with Gasteiger partial charge in [-0.1, -0.05) is 0 Å². The lowest BCUT2D eigenvalue weighted by Gasteiger charge is -2.30. The minimum Gasteiger partial charge on any atom is -0.377 e. The largest absolute Gasteiger partial charge is 0.377 e. The average molecular weight is 141 g/mol. The Kier molecular flexibility index (Phi) is 1.38. The molecule has 2 rings (SSSR count). The first-order valence-corrected chi connectivity index (χ1v) is 3.72. The highest BCUT2D eigenvalue weighted by Crippen LogP contribution is 2.26. The summed E-state index contributed by atoms with van der Waals surface area (Å²) in [4.78, 5) is 12.4. The molecule has 0 aliphatic carbocycles. The van der Waals surface area contributed by atoms with Crippen LogP contribution in [-0.4, -0.2) is 36.6 Å². The molecule has 2 heterocycles. The number of morpholine rings is 1. The van der Waals surface area contributed by atoms with Gasteiger partial charge in [-0.05, 0) is 12.8 Å². The Morgan fingerprint density at radius 1 is 1.30 bits per heavy atom. The second kappa shape index (κ2) is 2.23. The van der Waals surface area contributed by atoms with E-state index in [4.69, 9.17) is 4.74 Å². The molecule has 0 N–H and O–H groups in total. The zero-order valence-electron chi connectivity index (χ0n) is 5.82. The van der Waals surface area contributed by atoms with Crippen molar-refractivity contribution >= 4 is 6.41 Å². The van der Waals surface area contributed by atoms with Crippen LogP contribution in [0.3, 0.4) is 0 Å². The summed E-state index contributed by atoms with van der Waals surface area (Å²) in [6, 6.07) is 0.771. The van der Waals surface area contributed by atoms with Gasteiger partial charge in [0, 0.05) is 0 Å². The monoisotopic (exact) mass is 141 g/mol. The lowest BCUT2D eigenvalue weighted by atomic mass is 10.2. The molecule has 2 saturated heterocycles. The third-order valence-corrected chi connectivity index (χ3v) is 2.42. The molecule has 2 bridgehead atoms. The molecule has 0 aromatic rings. The molecule has 2 aliphatic rings. The summed E-state index contributed by atoms with van der Waals surface area (Å²) in [5.41, 5.74) is 0. The Morgan fingerprint density at radius 2 is 1.90 bits per heavy atom. The van der Waals surface area contributed by atoms with E-state index in [1.165, 1.54) is 0 Å². The minimum absolute atomic E-state index is 0.385. The molecule has 56 valence electrons. The number of rotatable bonds is 1. The second-order valence-corrected chi connectivity index (χ2v) is 2.98. The van der Waals surface area contributed by atoms with Crippen molar-refractivity contribution in [1.29, 1.82) is 0 Å². The van der Waals surface area contributed by atoms with E-state index < -0.39 is 0 Å². The lowest BCUT2D eigenvalue weighted by Crippen LogP contribution is -2.44. The maximum absolute atomic E-state index is 10.5. The normalized spacial score (nSPS) is 38.2. The molecule has 10 heavy (non-hydrogen) atoms. The van der Waals surface area contributed by atoms with Crippen LogP contribution in [0.15, 0.2) is 0 Å². The van der Waals surface area contributed by atoms with Crippen LogP contribution < -0.4 is 0 Å². The van der Waals surface area contributed by atoms with Gasteiger partial charge in [-0.2, -0.15) is 0 Å². The molecule has 2 atom stereocenters. The van der Waals surface area contributed by atoms with E-state index in [0.717, 1.165) is 32.5 Å². The van der Waals surface area contributed by atoms with Crippen molar-refractivity contribution in [2.45, 2.75) is 24.9 Å². The summed E-state index contributed by atoms with van der Waals surface area (Å²) in [6.07, 6.45) is 3.22. The summed E-state index contributed by atoms with van der Waals surface area (Å²) in [7, 11) is 0. The van der Waals surface area contributed by atoms with Crippen LogP contribution in [0.5, 0.6) is 0 Å². The van der Waals surface area contributed by atoms with E-state index in [9.17, 15) is 4.79 Å². The van der Waals surface area contributed by atoms with Crippen molar-refractivity contribution < 1.29 is 9.53 Å². The van der Waals surface area contributed by atoms with Gasteiger partial charge in [-0.15, -0.1) is 0 Å². The molecule has 0 saturated carbocycles. The fourth-order valence-electron chi connectivity index (χ4n) is 1.83. The molecule has 2 aliphatic heterocycles. The molecule has 0 aromatic heterocycles.